The zero-order valence-corrected chi connectivity index (χ0v) is 11.7. The van der Waals surface area contributed by atoms with E-state index in [1.807, 2.05) is 27.7 Å². The van der Waals surface area contributed by atoms with Crippen LogP contribution in [0.1, 0.15) is 27.7 Å². The summed E-state index contributed by atoms with van der Waals surface area (Å²) in [4.78, 5) is 15.8. The van der Waals surface area contributed by atoms with Crippen molar-refractivity contribution in [2.75, 3.05) is 6.54 Å². The number of carbonyl (C=O) groups is 1. The number of hydrogen-bond acceptors (Lipinski definition) is 5. The second-order valence-corrected chi connectivity index (χ2v) is 5.77. The molecule has 0 bridgehead atoms. The van der Waals surface area contributed by atoms with E-state index in [9.17, 15) is 4.79 Å². The van der Waals surface area contributed by atoms with Crippen LogP contribution in [0.2, 0.25) is 0 Å². The van der Waals surface area contributed by atoms with E-state index in [4.69, 9.17) is 16.3 Å². The van der Waals surface area contributed by atoms with Crippen LogP contribution in [0.15, 0.2) is 21.4 Å². The first-order valence-corrected chi connectivity index (χ1v) is 6.14. The fourth-order valence-electron chi connectivity index (χ4n) is 1.75. The van der Waals surface area contributed by atoms with Crippen molar-refractivity contribution in [2.45, 2.75) is 33.8 Å². The Labute approximate surface area is 111 Å². The fraction of sp³-hybridized carbons (Fsp3) is 0.583. The summed E-state index contributed by atoms with van der Waals surface area (Å²) in [7, 11) is 0. The molecule has 98 valence electrons. The van der Waals surface area contributed by atoms with Crippen molar-refractivity contribution in [1.29, 1.82) is 0 Å². The maximum absolute atomic E-state index is 11.9. The van der Waals surface area contributed by atoms with Gasteiger partial charge in [-0.25, -0.2) is 4.99 Å². The molecule has 2 rings (SSSR count). The maximum Gasteiger partial charge on any atom is 0.311 e. The number of hydrazone groups is 1. The third-order valence-electron chi connectivity index (χ3n) is 2.87. The summed E-state index contributed by atoms with van der Waals surface area (Å²) >= 11 is 6.02. The molecule has 1 atom stereocenters. The molecular formula is C12H16ClN3O2. The van der Waals surface area contributed by atoms with E-state index in [0.717, 1.165) is 11.3 Å². The van der Waals surface area contributed by atoms with Crippen LogP contribution in [0, 0.1) is 5.41 Å². The Balaban J connectivity index is 2.18. The molecule has 0 radical (unpaired) electrons. The van der Waals surface area contributed by atoms with Gasteiger partial charge in [0.1, 0.15) is 12.4 Å². The Hall–Kier alpha value is -1.36. The predicted octanol–water partition coefficient (Wildman–Crippen LogP) is 2.13. The van der Waals surface area contributed by atoms with E-state index in [-0.39, 0.29) is 12.1 Å². The molecule has 0 aromatic rings. The van der Waals surface area contributed by atoms with E-state index in [1.165, 1.54) is 6.34 Å². The number of ether oxygens (including phenoxy) is 1. The van der Waals surface area contributed by atoms with E-state index in [2.05, 4.69) is 10.1 Å². The Bertz CT molecular complexity index is 474. The summed E-state index contributed by atoms with van der Waals surface area (Å²) in [5.41, 5.74) is 1.11. The lowest BCUT2D eigenvalue weighted by molar-refractivity contribution is -0.156. The molecule has 0 spiro atoms. The highest BCUT2D eigenvalue weighted by Gasteiger charge is 2.36. The van der Waals surface area contributed by atoms with Gasteiger partial charge >= 0.3 is 5.97 Å². The Kier molecular flexibility index (Phi) is 3.19. The second-order valence-electron chi connectivity index (χ2n) is 5.41. The number of fused-ring (bicyclic) bond motifs is 1. The normalized spacial score (nSPS) is 23.1. The van der Waals surface area contributed by atoms with Crippen molar-refractivity contribution in [3.8, 4) is 0 Å². The third-order valence-corrected chi connectivity index (χ3v) is 3.15. The number of allylic oxidation sites excluding steroid dienone is 1. The van der Waals surface area contributed by atoms with E-state index in [1.54, 1.807) is 5.01 Å². The average Bonchev–Trinajstić information content (AvgIpc) is 2.56. The monoisotopic (exact) mass is 269 g/mol. The molecule has 0 amide bonds. The Morgan fingerprint density at radius 2 is 2.22 bits per heavy atom. The number of esters is 1. The van der Waals surface area contributed by atoms with Crippen LogP contribution in [0.3, 0.4) is 0 Å². The fourth-order valence-corrected chi connectivity index (χ4v) is 2.04. The summed E-state index contributed by atoms with van der Waals surface area (Å²) in [5, 5.41) is 6.20. The number of hydrogen-bond donors (Lipinski definition) is 0. The van der Waals surface area contributed by atoms with Crippen molar-refractivity contribution >= 4 is 29.1 Å². The molecule has 0 fully saturated rings. The van der Waals surface area contributed by atoms with Gasteiger partial charge in [0, 0.05) is 0 Å². The molecule has 5 nitrogen and oxygen atoms in total. The standard InChI is InChI=1S/C12H16ClN3O2/c1-7-8(18-11(17)12(2,3)4)5-16-9(7)10(13)14-6-15-16/h6,8H,5H2,1-4H3. The minimum Gasteiger partial charge on any atom is -0.455 e. The molecule has 0 saturated heterocycles. The number of halogens is 1. The van der Waals surface area contributed by atoms with Gasteiger partial charge in [0.05, 0.1) is 17.7 Å². The van der Waals surface area contributed by atoms with Crippen molar-refractivity contribution in [1.82, 2.24) is 5.01 Å². The van der Waals surface area contributed by atoms with Crippen molar-refractivity contribution in [3.63, 3.8) is 0 Å². The van der Waals surface area contributed by atoms with Crippen LogP contribution < -0.4 is 0 Å². The molecule has 0 aromatic heterocycles. The first kappa shape index (κ1) is 13.1. The molecule has 1 unspecified atom stereocenters. The first-order valence-electron chi connectivity index (χ1n) is 5.76. The summed E-state index contributed by atoms with van der Waals surface area (Å²) in [5.74, 6) is -0.232. The number of rotatable bonds is 1. The quantitative estimate of drug-likeness (QED) is 0.685. The molecule has 18 heavy (non-hydrogen) atoms. The first-order chi connectivity index (χ1) is 8.30. The molecule has 0 aromatic carbocycles. The SMILES string of the molecule is CC1=C2C(Cl)=NC=NN2CC1OC(=O)C(C)(C)C. The van der Waals surface area contributed by atoms with Gasteiger partial charge in [-0.05, 0) is 33.3 Å². The third kappa shape index (κ3) is 2.27. The molecular weight excluding hydrogens is 254 g/mol. The van der Waals surface area contributed by atoms with Crippen LogP contribution in [-0.2, 0) is 9.53 Å². The van der Waals surface area contributed by atoms with Gasteiger partial charge in [0.2, 0.25) is 0 Å². The lowest BCUT2D eigenvalue weighted by atomic mass is 9.97. The second kappa shape index (κ2) is 4.39. The van der Waals surface area contributed by atoms with Gasteiger partial charge in [-0.1, -0.05) is 11.6 Å². The number of nitrogens with zero attached hydrogens (tertiary/aromatic N) is 3. The van der Waals surface area contributed by atoms with Crippen molar-refractivity contribution in [2.24, 2.45) is 15.5 Å². The van der Waals surface area contributed by atoms with Crippen LogP contribution in [0.5, 0.6) is 0 Å². The van der Waals surface area contributed by atoms with Gasteiger partial charge in [-0.15, -0.1) is 0 Å². The predicted molar refractivity (Wildman–Crippen MR) is 70.5 cm³/mol. The topological polar surface area (TPSA) is 54.3 Å². The summed E-state index contributed by atoms with van der Waals surface area (Å²) in [6, 6.07) is 0. The molecule has 2 heterocycles. The minimum atomic E-state index is -0.519. The smallest absolute Gasteiger partial charge is 0.311 e. The van der Waals surface area contributed by atoms with Crippen LogP contribution in [0.25, 0.3) is 0 Å². The van der Waals surface area contributed by atoms with Gasteiger partial charge in [0.15, 0.2) is 5.17 Å². The Morgan fingerprint density at radius 1 is 1.56 bits per heavy atom. The van der Waals surface area contributed by atoms with Gasteiger partial charge in [0.25, 0.3) is 0 Å². The highest BCUT2D eigenvalue weighted by Crippen LogP contribution is 2.30. The van der Waals surface area contributed by atoms with Gasteiger partial charge in [-0.2, -0.15) is 5.10 Å². The molecule has 2 aliphatic rings. The van der Waals surface area contributed by atoms with Crippen LogP contribution >= 0.6 is 11.6 Å². The lowest BCUT2D eigenvalue weighted by Gasteiger charge is -2.21. The van der Waals surface area contributed by atoms with Crippen LogP contribution in [-0.4, -0.2) is 35.1 Å². The number of carbonyl (C=O) groups excluding carboxylic acids is 1. The zero-order valence-electron chi connectivity index (χ0n) is 10.9. The average molecular weight is 270 g/mol. The molecule has 6 heteroatoms. The Morgan fingerprint density at radius 3 is 2.78 bits per heavy atom. The maximum atomic E-state index is 11.9. The molecule has 2 aliphatic heterocycles. The van der Waals surface area contributed by atoms with Crippen molar-refractivity contribution < 1.29 is 9.53 Å². The van der Waals surface area contributed by atoms with E-state index < -0.39 is 5.41 Å². The summed E-state index contributed by atoms with van der Waals surface area (Å²) in [6.07, 6.45) is 1.08. The highest BCUT2D eigenvalue weighted by molar-refractivity contribution is 6.70. The largest absolute Gasteiger partial charge is 0.455 e. The van der Waals surface area contributed by atoms with Crippen molar-refractivity contribution in [3.05, 3.63) is 11.3 Å². The highest BCUT2D eigenvalue weighted by atomic mass is 35.5. The lowest BCUT2D eigenvalue weighted by Crippen LogP contribution is -2.31. The van der Waals surface area contributed by atoms with E-state index >= 15 is 0 Å². The molecule has 0 saturated carbocycles. The zero-order chi connectivity index (χ0) is 13.5. The van der Waals surface area contributed by atoms with Gasteiger partial charge in [-0.3, -0.25) is 9.80 Å². The summed E-state index contributed by atoms with van der Waals surface area (Å²) in [6.45, 7) is 7.85. The molecule has 0 N–H and O–H groups in total. The summed E-state index contributed by atoms with van der Waals surface area (Å²) < 4.78 is 5.50. The van der Waals surface area contributed by atoms with Crippen LogP contribution in [0.4, 0.5) is 0 Å². The minimum absolute atomic E-state index is 0.232. The van der Waals surface area contributed by atoms with E-state index in [0.29, 0.717) is 11.7 Å². The number of aliphatic imine (C=N–C) groups is 1. The van der Waals surface area contributed by atoms with Gasteiger partial charge < -0.3 is 4.74 Å². The molecule has 0 aliphatic carbocycles.